The molecule has 0 aromatic heterocycles. The summed E-state index contributed by atoms with van der Waals surface area (Å²) in [5, 5.41) is 9.72. The van der Waals surface area contributed by atoms with E-state index in [1.165, 1.54) is 7.11 Å². The Hall–Kier alpha value is -0.650. The molecule has 0 radical (unpaired) electrons. The topological polar surface area (TPSA) is 65.0 Å². The number of aliphatic hydroxyl groups is 1. The lowest BCUT2D eigenvalue weighted by Gasteiger charge is -2.25. The first-order valence-electron chi connectivity index (χ1n) is 5.22. The van der Waals surface area contributed by atoms with E-state index in [2.05, 4.69) is 0 Å². The number of fused-ring (bicyclic) bond motifs is 1. The van der Waals surface area contributed by atoms with Gasteiger partial charge in [0.1, 0.15) is 0 Å². The van der Waals surface area contributed by atoms with Crippen LogP contribution >= 0.6 is 0 Å². The van der Waals surface area contributed by atoms with Crippen molar-refractivity contribution in [3.63, 3.8) is 0 Å². The zero-order chi connectivity index (χ0) is 10.7. The van der Waals surface area contributed by atoms with Gasteiger partial charge in [0.2, 0.25) is 0 Å². The molecule has 0 spiro atoms. The number of carbonyl (C=O) groups is 1. The van der Waals surface area contributed by atoms with E-state index in [0.29, 0.717) is 0 Å². The van der Waals surface area contributed by atoms with Crippen molar-refractivity contribution in [3.8, 4) is 0 Å². The second kappa shape index (κ2) is 2.93. The van der Waals surface area contributed by atoms with Crippen LogP contribution in [0.1, 0.15) is 6.92 Å². The molecule has 15 heavy (non-hydrogen) atoms. The lowest BCUT2D eigenvalue weighted by Crippen LogP contribution is -2.42. The molecule has 84 valence electrons. The largest absolute Gasteiger partial charge is 0.469 e. The third-order valence-corrected chi connectivity index (χ3v) is 3.92. The van der Waals surface area contributed by atoms with Gasteiger partial charge in [0, 0.05) is 5.92 Å². The molecule has 0 saturated carbocycles. The van der Waals surface area contributed by atoms with Crippen molar-refractivity contribution in [1.29, 1.82) is 0 Å². The van der Waals surface area contributed by atoms with Crippen LogP contribution < -0.4 is 0 Å². The van der Waals surface area contributed by atoms with E-state index in [-0.39, 0.29) is 42.0 Å². The minimum Gasteiger partial charge on any atom is -0.469 e. The molecule has 3 heterocycles. The van der Waals surface area contributed by atoms with Crippen molar-refractivity contribution in [2.75, 3.05) is 7.11 Å². The monoisotopic (exact) mass is 214 g/mol. The number of carbonyl (C=O) groups excluding carboxylic acids is 1. The summed E-state index contributed by atoms with van der Waals surface area (Å²) in [6.45, 7) is 1.99. The van der Waals surface area contributed by atoms with Gasteiger partial charge in [-0.25, -0.2) is 0 Å². The van der Waals surface area contributed by atoms with Crippen LogP contribution in [-0.4, -0.2) is 42.8 Å². The molecular weight excluding hydrogens is 200 g/mol. The van der Waals surface area contributed by atoms with E-state index < -0.39 is 6.29 Å². The van der Waals surface area contributed by atoms with Crippen molar-refractivity contribution < 1.29 is 24.1 Å². The first-order valence-corrected chi connectivity index (χ1v) is 5.22. The van der Waals surface area contributed by atoms with Crippen molar-refractivity contribution in [2.45, 2.75) is 31.5 Å². The van der Waals surface area contributed by atoms with E-state index >= 15 is 0 Å². The summed E-state index contributed by atoms with van der Waals surface area (Å²) in [5.74, 6) is -0.776. The zero-order valence-corrected chi connectivity index (χ0v) is 8.62. The minimum absolute atomic E-state index is 0.0593. The van der Waals surface area contributed by atoms with Crippen LogP contribution in [0, 0.1) is 17.8 Å². The van der Waals surface area contributed by atoms with Gasteiger partial charge in [0.15, 0.2) is 6.29 Å². The molecule has 2 bridgehead atoms. The van der Waals surface area contributed by atoms with Crippen LogP contribution in [0.15, 0.2) is 0 Å². The van der Waals surface area contributed by atoms with Crippen LogP contribution in [0.25, 0.3) is 0 Å². The molecule has 7 atom stereocenters. The van der Waals surface area contributed by atoms with Crippen molar-refractivity contribution >= 4 is 5.97 Å². The average Bonchev–Trinajstić information content (AvgIpc) is 2.80. The lowest BCUT2D eigenvalue weighted by atomic mass is 9.75. The molecule has 0 aromatic carbocycles. The number of aliphatic hydroxyl groups excluding tert-OH is 1. The Morgan fingerprint density at radius 3 is 2.67 bits per heavy atom. The normalized spacial score (nSPS) is 56.1. The van der Waals surface area contributed by atoms with E-state index in [1.54, 1.807) is 0 Å². The Kier molecular flexibility index (Phi) is 1.87. The van der Waals surface area contributed by atoms with E-state index in [4.69, 9.17) is 14.2 Å². The highest BCUT2D eigenvalue weighted by Crippen LogP contribution is 2.54. The lowest BCUT2D eigenvalue weighted by molar-refractivity contribution is -0.153. The van der Waals surface area contributed by atoms with Crippen LogP contribution in [0.2, 0.25) is 0 Å². The van der Waals surface area contributed by atoms with Crippen LogP contribution in [0.5, 0.6) is 0 Å². The summed E-state index contributed by atoms with van der Waals surface area (Å²) in [5.41, 5.74) is 0. The Morgan fingerprint density at radius 2 is 2.00 bits per heavy atom. The third kappa shape index (κ3) is 1.01. The average molecular weight is 214 g/mol. The Morgan fingerprint density at radius 1 is 1.27 bits per heavy atom. The fourth-order valence-electron chi connectivity index (χ4n) is 3.23. The van der Waals surface area contributed by atoms with Gasteiger partial charge in [0.25, 0.3) is 0 Å². The smallest absolute Gasteiger partial charge is 0.311 e. The molecule has 5 nitrogen and oxygen atoms in total. The van der Waals surface area contributed by atoms with Gasteiger partial charge in [-0.3, -0.25) is 4.79 Å². The Bertz CT molecular complexity index is 304. The second-order valence-corrected chi connectivity index (χ2v) is 4.54. The molecule has 3 rings (SSSR count). The Balaban J connectivity index is 1.95. The predicted molar refractivity (Wildman–Crippen MR) is 47.7 cm³/mol. The summed E-state index contributed by atoms with van der Waals surface area (Å²) < 4.78 is 15.8. The minimum atomic E-state index is -0.890. The summed E-state index contributed by atoms with van der Waals surface area (Å²) in [4.78, 5) is 11.6. The molecular formula is C10H14O5. The maximum absolute atomic E-state index is 11.6. The van der Waals surface area contributed by atoms with Gasteiger partial charge >= 0.3 is 5.97 Å². The standard InChI is InChI=1S/C10H14O5/c1-3-6-4(9(11)13-2)5-8(14-6)7(3)15-10(5)12/h3-8,10,12H,1-2H3. The SMILES string of the molecule is COC(=O)C1C2OC3C(OC(O)C31)C2C. The first-order chi connectivity index (χ1) is 7.15. The van der Waals surface area contributed by atoms with Gasteiger partial charge in [-0.05, 0) is 0 Å². The summed E-state index contributed by atoms with van der Waals surface area (Å²) >= 11 is 0. The molecule has 3 aliphatic rings. The zero-order valence-electron chi connectivity index (χ0n) is 8.62. The summed E-state index contributed by atoms with van der Waals surface area (Å²) in [6, 6.07) is 0. The number of ether oxygens (including phenoxy) is 3. The maximum atomic E-state index is 11.6. The molecule has 3 aliphatic heterocycles. The van der Waals surface area contributed by atoms with E-state index in [9.17, 15) is 9.90 Å². The molecule has 0 amide bonds. The second-order valence-electron chi connectivity index (χ2n) is 4.54. The molecule has 0 aliphatic carbocycles. The van der Waals surface area contributed by atoms with E-state index in [0.717, 1.165) is 0 Å². The quantitative estimate of drug-likeness (QED) is 0.597. The van der Waals surface area contributed by atoms with E-state index in [1.807, 2.05) is 6.92 Å². The number of rotatable bonds is 1. The predicted octanol–water partition coefficient (Wildman–Crippen LogP) is -0.474. The van der Waals surface area contributed by atoms with Crippen molar-refractivity contribution in [1.82, 2.24) is 0 Å². The van der Waals surface area contributed by atoms with Crippen LogP contribution in [0.4, 0.5) is 0 Å². The highest BCUT2D eigenvalue weighted by atomic mass is 16.7. The number of esters is 1. The van der Waals surface area contributed by atoms with Crippen LogP contribution in [-0.2, 0) is 19.0 Å². The molecule has 7 unspecified atom stereocenters. The highest BCUT2D eigenvalue weighted by molar-refractivity contribution is 5.74. The number of hydrogen-bond donors (Lipinski definition) is 1. The fraction of sp³-hybridized carbons (Fsp3) is 0.900. The maximum Gasteiger partial charge on any atom is 0.311 e. The molecule has 3 saturated heterocycles. The molecule has 1 N–H and O–H groups in total. The van der Waals surface area contributed by atoms with Gasteiger partial charge in [-0.1, -0.05) is 6.92 Å². The van der Waals surface area contributed by atoms with Crippen molar-refractivity contribution in [2.24, 2.45) is 17.8 Å². The Labute approximate surface area is 87.3 Å². The van der Waals surface area contributed by atoms with Crippen molar-refractivity contribution in [3.05, 3.63) is 0 Å². The summed E-state index contributed by atoms with van der Waals surface area (Å²) in [7, 11) is 1.36. The molecule has 0 aromatic rings. The van der Waals surface area contributed by atoms with Gasteiger partial charge in [0.05, 0.1) is 37.3 Å². The summed E-state index contributed by atoms with van der Waals surface area (Å²) in [6.07, 6.45) is -1.24. The number of methoxy groups -OCH3 is 1. The van der Waals surface area contributed by atoms with Gasteiger partial charge < -0.3 is 19.3 Å². The van der Waals surface area contributed by atoms with Gasteiger partial charge in [-0.2, -0.15) is 0 Å². The highest BCUT2D eigenvalue weighted by Gasteiger charge is 2.68. The number of hydrogen-bond acceptors (Lipinski definition) is 5. The third-order valence-electron chi connectivity index (χ3n) is 3.92. The fourth-order valence-corrected chi connectivity index (χ4v) is 3.23. The first kappa shape index (κ1) is 9.57. The van der Waals surface area contributed by atoms with Crippen LogP contribution in [0.3, 0.4) is 0 Å². The molecule has 3 fully saturated rings. The molecule has 5 heteroatoms. The van der Waals surface area contributed by atoms with Gasteiger partial charge in [-0.15, -0.1) is 0 Å².